The molecule has 0 radical (unpaired) electrons. The van der Waals surface area contributed by atoms with E-state index in [2.05, 4.69) is 4.98 Å². The van der Waals surface area contributed by atoms with Crippen molar-refractivity contribution >= 4 is 0 Å². The van der Waals surface area contributed by atoms with E-state index in [-0.39, 0.29) is 5.82 Å². The first-order valence-corrected chi connectivity index (χ1v) is 5.58. The summed E-state index contributed by atoms with van der Waals surface area (Å²) < 4.78 is 39.2. The minimum Gasteiger partial charge on any atom is -0.322 e. The third-order valence-corrected chi connectivity index (χ3v) is 2.71. The van der Waals surface area contributed by atoms with E-state index in [1.165, 1.54) is 12.3 Å². The maximum absolute atomic E-state index is 12.5. The summed E-state index contributed by atoms with van der Waals surface area (Å²) in [4.78, 5) is 3.83. The van der Waals surface area contributed by atoms with Gasteiger partial charge in [-0.3, -0.25) is 0 Å². The third-order valence-electron chi connectivity index (χ3n) is 2.71. The van der Waals surface area contributed by atoms with E-state index < -0.39 is 11.7 Å². The van der Waals surface area contributed by atoms with Crippen molar-refractivity contribution in [2.24, 2.45) is 0 Å². The lowest BCUT2D eigenvalue weighted by molar-refractivity contribution is -0.137. The fourth-order valence-electron chi connectivity index (χ4n) is 1.76. The maximum Gasteiger partial charge on any atom is 0.416 e. The molecule has 98 valence electrons. The first kappa shape index (κ1) is 13.1. The Morgan fingerprint density at radius 2 is 2.11 bits per heavy atom. The van der Waals surface area contributed by atoms with Gasteiger partial charge in [0.05, 0.1) is 5.56 Å². The first-order valence-electron chi connectivity index (χ1n) is 5.58. The van der Waals surface area contributed by atoms with Gasteiger partial charge in [-0.15, -0.1) is 0 Å². The Labute approximate surface area is 107 Å². The summed E-state index contributed by atoms with van der Waals surface area (Å²) >= 11 is 0. The van der Waals surface area contributed by atoms with Crippen molar-refractivity contribution in [3.63, 3.8) is 0 Å². The Morgan fingerprint density at radius 1 is 1.32 bits per heavy atom. The minimum atomic E-state index is -4.33. The SMILES string of the molecule is N#Cc1nccn1CCc1cccc(C(F)(F)F)c1. The van der Waals surface area contributed by atoms with Crippen molar-refractivity contribution in [2.45, 2.75) is 19.1 Å². The Kier molecular flexibility index (Phi) is 3.56. The van der Waals surface area contributed by atoms with Crippen LogP contribution in [0.25, 0.3) is 0 Å². The molecule has 0 fully saturated rings. The molecule has 1 aromatic carbocycles. The summed E-state index contributed by atoms with van der Waals surface area (Å²) in [5.74, 6) is 0.256. The number of alkyl halides is 3. The number of nitriles is 1. The van der Waals surface area contributed by atoms with Gasteiger partial charge in [-0.1, -0.05) is 18.2 Å². The molecule has 0 saturated heterocycles. The Balaban J connectivity index is 2.11. The van der Waals surface area contributed by atoms with Crippen LogP contribution in [0.4, 0.5) is 13.2 Å². The van der Waals surface area contributed by atoms with Crippen molar-refractivity contribution in [2.75, 3.05) is 0 Å². The highest BCUT2D eigenvalue weighted by atomic mass is 19.4. The third kappa shape index (κ3) is 3.13. The normalized spacial score (nSPS) is 11.3. The molecule has 0 aliphatic heterocycles. The van der Waals surface area contributed by atoms with Gasteiger partial charge < -0.3 is 4.57 Å². The average Bonchev–Trinajstić information content (AvgIpc) is 2.83. The van der Waals surface area contributed by atoms with Crippen LogP contribution in [0.15, 0.2) is 36.7 Å². The topological polar surface area (TPSA) is 41.6 Å². The molecule has 0 N–H and O–H groups in total. The van der Waals surface area contributed by atoms with Crippen LogP contribution in [0.3, 0.4) is 0 Å². The Morgan fingerprint density at radius 3 is 2.79 bits per heavy atom. The summed E-state index contributed by atoms with van der Waals surface area (Å²) in [6.45, 7) is 0.421. The molecule has 19 heavy (non-hydrogen) atoms. The molecule has 1 heterocycles. The highest BCUT2D eigenvalue weighted by Gasteiger charge is 2.30. The Hall–Kier alpha value is -2.29. The van der Waals surface area contributed by atoms with Crippen LogP contribution < -0.4 is 0 Å². The lowest BCUT2D eigenvalue weighted by Gasteiger charge is -2.09. The molecule has 3 nitrogen and oxygen atoms in total. The number of hydrogen-bond acceptors (Lipinski definition) is 2. The summed E-state index contributed by atoms with van der Waals surface area (Å²) in [6, 6.07) is 7.11. The number of rotatable bonds is 3. The van der Waals surface area contributed by atoms with Gasteiger partial charge in [0.25, 0.3) is 0 Å². The van der Waals surface area contributed by atoms with Crippen LogP contribution >= 0.6 is 0 Å². The molecular formula is C13H10F3N3. The molecule has 0 saturated carbocycles. The molecule has 0 bridgehead atoms. The number of aryl methyl sites for hydroxylation is 2. The Bertz CT molecular complexity index is 608. The maximum atomic E-state index is 12.5. The summed E-state index contributed by atoms with van der Waals surface area (Å²) in [7, 11) is 0. The van der Waals surface area contributed by atoms with E-state index in [9.17, 15) is 13.2 Å². The van der Waals surface area contributed by atoms with Gasteiger partial charge in [0.2, 0.25) is 5.82 Å². The molecule has 2 aromatic rings. The van der Waals surface area contributed by atoms with Crippen molar-refractivity contribution in [1.82, 2.24) is 9.55 Å². The minimum absolute atomic E-state index is 0.256. The molecule has 0 spiro atoms. The van der Waals surface area contributed by atoms with E-state index in [0.29, 0.717) is 18.5 Å². The number of aromatic nitrogens is 2. The summed E-state index contributed by atoms with van der Waals surface area (Å²) in [5.41, 5.74) is -0.0800. The number of hydrogen-bond donors (Lipinski definition) is 0. The molecule has 0 aliphatic carbocycles. The fourth-order valence-corrected chi connectivity index (χ4v) is 1.76. The van der Waals surface area contributed by atoms with Crippen LogP contribution in [-0.2, 0) is 19.1 Å². The quantitative estimate of drug-likeness (QED) is 0.856. The monoisotopic (exact) mass is 265 g/mol. The molecule has 0 amide bonds. The van der Waals surface area contributed by atoms with Crippen molar-refractivity contribution in [3.8, 4) is 6.07 Å². The van der Waals surface area contributed by atoms with Gasteiger partial charge in [0.1, 0.15) is 6.07 Å². The zero-order valence-electron chi connectivity index (χ0n) is 9.85. The number of halogens is 3. The zero-order chi connectivity index (χ0) is 13.9. The molecular weight excluding hydrogens is 255 g/mol. The largest absolute Gasteiger partial charge is 0.416 e. The standard InChI is InChI=1S/C13H10F3N3/c14-13(15,16)11-3-1-2-10(8-11)4-6-19-7-5-18-12(19)9-17/h1-3,5,7-8H,4,6H2. The van der Waals surface area contributed by atoms with E-state index >= 15 is 0 Å². The molecule has 2 rings (SSSR count). The van der Waals surface area contributed by atoms with Crippen LogP contribution in [0.5, 0.6) is 0 Å². The average molecular weight is 265 g/mol. The molecule has 0 atom stereocenters. The van der Waals surface area contributed by atoms with E-state index in [4.69, 9.17) is 5.26 Å². The van der Waals surface area contributed by atoms with E-state index in [1.807, 2.05) is 6.07 Å². The number of imidazole rings is 1. The second-order valence-corrected chi connectivity index (χ2v) is 4.00. The van der Waals surface area contributed by atoms with E-state index in [0.717, 1.165) is 12.1 Å². The van der Waals surface area contributed by atoms with Gasteiger partial charge >= 0.3 is 6.18 Å². The molecule has 0 unspecified atom stereocenters. The zero-order valence-corrected chi connectivity index (χ0v) is 9.85. The van der Waals surface area contributed by atoms with Gasteiger partial charge in [-0.25, -0.2) is 4.98 Å². The molecule has 0 aliphatic rings. The smallest absolute Gasteiger partial charge is 0.322 e. The first-order chi connectivity index (χ1) is 9.00. The van der Waals surface area contributed by atoms with Gasteiger partial charge in [-0.2, -0.15) is 18.4 Å². The highest BCUT2D eigenvalue weighted by Crippen LogP contribution is 2.29. The van der Waals surface area contributed by atoms with Crippen LogP contribution in [0, 0.1) is 11.3 Å². The predicted molar refractivity (Wildman–Crippen MR) is 62.1 cm³/mol. The van der Waals surface area contributed by atoms with Crippen LogP contribution in [-0.4, -0.2) is 9.55 Å². The number of nitrogens with zero attached hydrogens (tertiary/aromatic N) is 3. The van der Waals surface area contributed by atoms with Crippen LogP contribution in [0.1, 0.15) is 17.0 Å². The van der Waals surface area contributed by atoms with Gasteiger partial charge in [0, 0.05) is 18.9 Å². The second kappa shape index (κ2) is 5.14. The molecule has 1 aromatic heterocycles. The van der Waals surface area contributed by atoms with E-state index in [1.54, 1.807) is 16.8 Å². The number of benzene rings is 1. The highest BCUT2D eigenvalue weighted by molar-refractivity contribution is 5.26. The molecule has 6 heteroatoms. The summed E-state index contributed by atoms with van der Waals surface area (Å²) in [5, 5.41) is 8.77. The lowest BCUT2D eigenvalue weighted by atomic mass is 10.1. The van der Waals surface area contributed by atoms with Gasteiger partial charge in [0.15, 0.2) is 0 Å². The van der Waals surface area contributed by atoms with Crippen molar-refractivity contribution in [1.29, 1.82) is 5.26 Å². The van der Waals surface area contributed by atoms with Crippen molar-refractivity contribution < 1.29 is 13.2 Å². The predicted octanol–water partition coefficient (Wildman–Crippen LogP) is 3.02. The van der Waals surface area contributed by atoms with Gasteiger partial charge in [-0.05, 0) is 18.1 Å². The fraction of sp³-hybridized carbons (Fsp3) is 0.231. The lowest BCUT2D eigenvalue weighted by Crippen LogP contribution is -2.07. The van der Waals surface area contributed by atoms with Crippen molar-refractivity contribution in [3.05, 3.63) is 53.6 Å². The summed E-state index contributed by atoms with van der Waals surface area (Å²) in [6.07, 6.45) is -0.797. The van der Waals surface area contributed by atoms with Crippen LogP contribution in [0.2, 0.25) is 0 Å². The second-order valence-electron chi connectivity index (χ2n) is 4.00.